The van der Waals surface area contributed by atoms with Crippen LogP contribution < -0.4 is 5.32 Å². The molecule has 0 bridgehead atoms. The van der Waals surface area contributed by atoms with Crippen LogP contribution in [-0.2, 0) is 0 Å². The van der Waals surface area contributed by atoms with E-state index >= 15 is 0 Å². The maximum absolute atomic E-state index is 12.3. The smallest absolute Gasteiger partial charge is 0.257 e. The fourth-order valence-electron chi connectivity index (χ4n) is 2.30. The van der Waals surface area contributed by atoms with Crippen LogP contribution in [0.3, 0.4) is 0 Å². The third-order valence-corrected chi connectivity index (χ3v) is 5.25. The lowest BCUT2D eigenvalue weighted by atomic mass is 10.1. The topological polar surface area (TPSA) is 55.8 Å². The average Bonchev–Trinajstić information content (AvgIpc) is 2.51. The molecule has 1 saturated heterocycles. The van der Waals surface area contributed by atoms with E-state index in [0.29, 0.717) is 17.2 Å². The standard InChI is InChI=1S/C15H20IN3O2S/c1-11-2-3-12(10-13(11)16)14(21)17-15(22)19-6-4-18(5-7-19)8-9-20/h2-3,10,20H,4-9H2,1H3,(H,17,21,22). The summed E-state index contributed by atoms with van der Waals surface area (Å²) in [6, 6.07) is 5.62. The molecule has 7 heteroatoms. The monoisotopic (exact) mass is 433 g/mol. The van der Waals surface area contributed by atoms with E-state index in [1.165, 1.54) is 0 Å². The van der Waals surface area contributed by atoms with Crippen LogP contribution in [0.15, 0.2) is 18.2 Å². The molecule has 2 N–H and O–H groups in total. The highest BCUT2D eigenvalue weighted by Crippen LogP contribution is 2.13. The molecule has 0 atom stereocenters. The number of carbonyl (C=O) groups is 1. The zero-order valence-electron chi connectivity index (χ0n) is 12.5. The Bertz CT molecular complexity index is 560. The van der Waals surface area contributed by atoms with Crippen molar-refractivity contribution in [2.75, 3.05) is 39.3 Å². The number of hydrogen-bond acceptors (Lipinski definition) is 4. The first-order valence-corrected chi connectivity index (χ1v) is 8.69. The number of halogens is 1. The molecule has 22 heavy (non-hydrogen) atoms. The van der Waals surface area contributed by atoms with E-state index in [4.69, 9.17) is 17.3 Å². The molecule has 0 aliphatic carbocycles. The van der Waals surface area contributed by atoms with Gasteiger partial charge in [0.1, 0.15) is 0 Å². The van der Waals surface area contributed by atoms with Crippen LogP contribution >= 0.6 is 34.8 Å². The Morgan fingerprint density at radius 2 is 2.05 bits per heavy atom. The van der Waals surface area contributed by atoms with Crippen LogP contribution in [0.5, 0.6) is 0 Å². The number of amides is 1. The van der Waals surface area contributed by atoms with Gasteiger partial charge in [-0.1, -0.05) is 6.07 Å². The van der Waals surface area contributed by atoms with Crippen molar-refractivity contribution < 1.29 is 9.90 Å². The minimum atomic E-state index is -0.166. The van der Waals surface area contributed by atoms with E-state index < -0.39 is 0 Å². The van der Waals surface area contributed by atoms with Crippen LogP contribution in [0.2, 0.25) is 0 Å². The van der Waals surface area contributed by atoms with Gasteiger partial charge in [-0.2, -0.15) is 0 Å². The van der Waals surface area contributed by atoms with Gasteiger partial charge in [-0.15, -0.1) is 0 Å². The summed E-state index contributed by atoms with van der Waals surface area (Å²) in [5.74, 6) is -0.166. The molecule has 0 radical (unpaired) electrons. The second kappa shape index (κ2) is 8.19. The maximum Gasteiger partial charge on any atom is 0.257 e. The Kier molecular flexibility index (Phi) is 6.54. The summed E-state index contributed by atoms with van der Waals surface area (Å²) < 4.78 is 1.06. The lowest BCUT2D eigenvalue weighted by molar-refractivity contribution is 0.0968. The minimum absolute atomic E-state index is 0.166. The van der Waals surface area contributed by atoms with Crippen molar-refractivity contribution in [1.29, 1.82) is 0 Å². The largest absolute Gasteiger partial charge is 0.395 e. The number of carbonyl (C=O) groups excluding carboxylic acids is 1. The van der Waals surface area contributed by atoms with Gasteiger partial charge >= 0.3 is 0 Å². The number of aliphatic hydroxyl groups excluding tert-OH is 1. The molecular weight excluding hydrogens is 413 g/mol. The van der Waals surface area contributed by atoms with Crippen LogP contribution in [-0.4, -0.2) is 65.3 Å². The number of aliphatic hydroxyl groups is 1. The van der Waals surface area contributed by atoms with Crippen LogP contribution in [0.25, 0.3) is 0 Å². The molecule has 0 spiro atoms. The van der Waals surface area contributed by atoms with E-state index in [1.807, 2.05) is 30.0 Å². The van der Waals surface area contributed by atoms with E-state index in [9.17, 15) is 4.79 Å². The predicted molar refractivity (Wildman–Crippen MR) is 99.1 cm³/mol. The lowest BCUT2D eigenvalue weighted by Crippen LogP contribution is -2.53. The lowest BCUT2D eigenvalue weighted by Gasteiger charge is -2.35. The molecule has 0 unspecified atom stereocenters. The highest BCUT2D eigenvalue weighted by molar-refractivity contribution is 14.1. The van der Waals surface area contributed by atoms with Gasteiger partial charge in [0, 0.05) is 41.9 Å². The van der Waals surface area contributed by atoms with Crippen molar-refractivity contribution in [3.8, 4) is 0 Å². The molecule has 1 amide bonds. The third-order valence-electron chi connectivity index (χ3n) is 3.73. The molecular formula is C15H20IN3O2S. The highest BCUT2D eigenvalue weighted by Gasteiger charge is 2.20. The number of piperazine rings is 1. The fourth-order valence-corrected chi connectivity index (χ4v) is 3.09. The van der Waals surface area contributed by atoms with Gasteiger partial charge in [0.25, 0.3) is 5.91 Å². The molecule has 0 aromatic heterocycles. The van der Waals surface area contributed by atoms with Crippen molar-refractivity contribution >= 4 is 45.8 Å². The molecule has 1 aromatic rings. The van der Waals surface area contributed by atoms with Gasteiger partial charge in [-0.25, -0.2) is 0 Å². The van der Waals surface area contributed by atoms with Crippen molar-refractivity contribution in [3.05, 3.63) is 32.9 Å². The second-order valence-corrected chi connectivity index (χ2v) is 6.82. The Hall–Kier alpha value is -0.770. The van der Waals surface area contributed by atoms with E-state index in [-0.39, 0.29) is 12.5 Å². The van der Waals surface area contributed by atoms with E-state index in [0.717, 1.165) is 35.3 Å². The average molecular weight is 433 g/mol. The Morgan fingerprint density at radius 1 is 1.36 bits per heavy atom. The fraction of sp³-hybridized carbons (Fsp3) is 0.467. The first-order chi connectivity index (χ1) is 10.5. The number of benzene rings is 1. The molecule has 1 aromatic carbocycles. The number of nitrogens with one attached hydrogen (secondary N) is 1. The molecule has 5 nitrogen and oxygen atoms in total. The van der Waals surface area contributed by atoms with Gasteiger partial charge in [-0.05, 0) is 59.4 Å². The first kappa shape index (κ1) is 17.6. The molecule has 0 saturated carbocycles. The molecule has 2 rings (SSSR count). The summed E-state index contributed by atoms with van der Waals surface area (Å²) in [4.78, 5) is 16.4. The summed E-state index contributed by atoms with van der Waals surface area (Å²) in [6.07, 6.45) is 0. The number of rotatable bonds is 3. The van der Waals surface area contributed by atoms with Crippen molar-refractivity contribution in [2.45, 2.75) is 6.92 Å². The van der Waals surface area contributed by atoms with Gasteiger partial charge in [0.05, 0.1) is 6.61 Å². The second-order valence-electron chi connectivity index (χ2n) is 5.28. The van der Waals surface area contributed by atoms with Crippen molar-refractivity contribution in [2.24, 2.45) is 0 Å². The zero-order valence-corrected chi connectivity index (χ0v) is 15.5. The van der Waals surface area contributed by atoms with Gasteiger partial charge in [-0.3, -0.25) is 15.0 Å². The van der Waals surface area contributed by atoms with E-state index in [1.54, 1.807) is 0 Å². The van der Waals surface area contributed by atoms with Crippen LogP contribution in [0.1, 0.15) is 15.9 Å². The number of aryl methyl sites for hydroxylation is 1. The molecule has 1 fully saturated rings. The number of nitrogens with zero attached hydrogens (tertiary/aromatic N) is 2. The number of hydrogen-bond donors (Lipinski definition) is 2. The quantitative estimate of drug-likeness (QED) is 0.555. The zero-order chi connectivity index (χ0) is 16.1. The molecule has 1 heterocycles. The summed E-state index contributed by atoms with van der Waals surface area (Å²) in [7, 11) is 0. The molecule has 1 aliphatic rings. The third kappa shape index (κ3) is 4.61. The Balaban J connectivity index is 1.89. The summed E-state index contributed by atoms with van der Waals surface area (Å²) in [6.45, 7) is 6.11. The number of β-amino-alcohol motifs (C(OH)–C–C–N with tert-alkyl or cyclic N) is 1. The van der Waals surface area contributed by atoms with Crippen LogP contribution in [0, 0.1) is 10.5 Å². The van der Waals surface area contributed by atoms with Gasteiger partial charge in [0.15, 0.2) is 5.11 Å². The molecule has 1 aliphatic heterocycles. The van der Waals surface area contributed by atoms with Crippen LogP contribution in [0.4, 0.5) is 0 Å². The summed E-state index contributed by atoms with van der Waals surface area (Å²) in [5.41, 5.74) is 1.77. The van der Waals surface area contributed by atoms with Crippen molar-refractivity contribution in [3.63, 3.8) is 0 Å². The maximum atomic E-state index is 12.3. The predicted octanol–water partition coefficient (Wildman–Crippen LogP) is 1.22. The SMILES string of the molecule is Cc1ccc(C(=O)NC(=S)N2CCN(CCO)CC2)cc1I. The minimum Gasteiger partial charge on any atom is -0.395 e. The summed E-state index contributed by atoms with van der Waals surface area (Å²) in [5, 5.41) is 12.2. The number of thiocarbonyl (C=S) groups is 1. The Labute approximate surface area is 149 Å². The first-order valence-electron chi connectivity index (χ1n) is 7.21. The highest BCUT2D eigenvalue weighted by atomic mass is 127. The van der Waals surface area contributed by atoms with Crippen molar-refractivity contribution in [1.82, 2.24) is 15.1 Å². The van der Waals surface area contributed by atoms with Gasteiger partial charge in [0.2, 0.25) is 0 Å². The van der Waals surface area contributed by atoms with E-state index in [2.05, 4.69) is 32.8 Å². The molecule has 120 valence electrons. The summed E-state index contributed by atoms with van der Waals surface area (Å²) >= 11 is 7.56. The normalized spacial score (nSPS) is 15.7. The van der Waals surface area contributed by atoms with Gasteiger partial charge < -0.3 is 10.0 Å². The Morgan fingerprint density at radius 3 is 2.64 bits per heavy atom.